The highest BCUT2D eigenvalue weighted by Crippen LogP contribution is 2.23. The van der Waals surface area contributed by atoms with Crippen molar-refractivity contribution < 1.29 is 9.59 Å². The lowest BCUT2D eigenvalue weighted by Gasteiger charge is -2.13. The SMILES string of the molecule is Cc1ccccc1C(=O)Nc1ccccc1NC(=O)Nc1cccs1. The average Bonchev–Trinajstić information content (AvgIpc) is 3.10. The van der Waals surface area contributed by atoms with Gasteiger partial charge in [0.1, 0.15) is 0 Å². The monoisotopic (exact) mass is 351 g/mol. The smallest absolute Gasteiger partial charge is 0.320 e. The molecule has 0 saturated heterocycles. The largest absolute Gasteiger partial charge is 0.324 e. The first kappa shape index (κ1) is 16.7. The number of rotatable bonds is 4. The number of benzene rings is 2. The van der Waals surface area contributed by atoms with E-state index in [0.29, 0.717) is 16.9 Å². The third-order valence-corrected chi connectivity index (χ3v) is 4.36. The van der Waals surface area contributed by atoms with E-state index in [1.165, 1.54) is 11.3 Å². The van der Waals surface area contributed by atoms with Gasteiger partial charge in [0, 0.05) is 5.56 Å². The summed E-state index contributed by atoms with van der Waals surface area (Å²) in [5.74, 6) is -0.217. The van der Waals surface area contributed by atoms with Crippen LogP contribution in [0.4, 0.5) is 21.2 Å². The van der Waals surface area contributed by atoms with Crippen molar-refractivity contribution in [2.24, 2.45) is 0 Å². The van der Waals surface area contributed by atoms with Gasteiger partial charge in [0.05, 0.1) is 16.4 Å². The van der Waals surface area contributed by atoms with Crippen molar-refractivity contribution in [2.75, 3.05) is 16.0 Å². The van der Waals surface area contributed by atoms with Crippen LogP contribution in [0.3, 0.4) is 0 Å². The second kappa shape index (κ2) is 7.63. The number of carbonyl (C=O) groups excluding carboxylic acids is 2. The zero-order valence-electron chi connectivity index (χ0n) is 13.6. The first-order valence-corrected chi connectivity index (χ1v) is 8.59. The van der Waals surface area contributed by atoms with Crippen LogP contribution in [0, 0.1) is 6.92 Å². The van der Waals surface area contributed by atoms with E-state index >= 15 is 0 Å². The molecule has 0 radical (unpaired) electrons. The highest BCUT2D eigenvalue weighted by molar-refractivity contribution is 7.14. The predicted molar refractivity (Wildman–Crippen MR) is 103 cm³/mol. The molecule has 5 nitrogen and oxygen atoms in total. The molecule has 3 aromatic rings. The molecule has 0 spiro atoms. The third kappa shape index (κ3) is 4.24. The number of hydrogen-bond donors (Lipinski definition) is 3. The number of thiophene rings is 1. The minimum atomic E-state index is -0.361. The van der Waals surface area contributed by atoms with E-state index in [4.69, 9.17) is 0 Å². The molecule has 2 aromatic carbocycles. The van der Waals surface area contributed by atoms with Crippen molar-refractivity contribution in [3.05, 3.63) is 77.2 Å². The van der Waals surface area contributed by atoms with Gasteiger partial charge in [0.25, 0.3) is 5.91 Å². The van der Waals surface area contributed by atoms with E-state index in [0.717, 1.165) is 10.6 Å². The lowest BCUT2D eigenvalue weighted by molar-refractivity contribution is 0.102. The van der Waals surface area contributed by atoms with E-state index in [2.05, 4.69) is 16.0 Å². The summed E-state index contributed by atoms with van der Waals surface area (Å²) in [6.45, 7) is 1.88. The summed E-state index contributed by atoms with van der Waals surface area (Å²) in [5.41, 5.74) is 2.55. The quantitative estimate of drug-likeness (QED) is 0.622. The molecular weight excluding hydrogens is 334 g/mol. The van der Waals surface area contributed by atoms with Crippen LogP contribution in [0.25, 0.3) is 0 Å². The number of nitrogens with one attached hydrogen (secondary N) is 3. The lowest BCUT2D eigenvalue weighted by Crippen LogP contribution is -2.21. The van der Waals surface area contributed by atoms with Gasteiger partial charge in [0.2, 0.25) is 0 Å². The number of aryl methyl sites for hydroxylation is 1. The van der Waals surface area contributed by atoms with Crippen LogP contribution in [-0.2, 0) is 0 Å². The Labute approximate surface area is 149 Å². The van der Waals surface area contributed by atoms with Gasteiger partial charge in [0.15, 0.2) is 0 Å². The summed E-state index contributed by atoms with van der Waals surface area (Å²) in [6.07, 6.45) is 0. The van der Waals surface area contributed by atoms with Crippen LogP contribution in [0.5, 0.6) is 0 Å². The van der Waals surface area contributed by atoms with Gasteiger partial charge in [-0.1, -0.05) is 30.3 Å². The molecule has 0 unspecified atom stereocenters. The van der Waals surface area contributed by atoms with Gasteiger partial charge in [-0.2, -0.15) is 0 Å². The molecule has 126 valence electrons. The molecule has 25 heavy (non-hydrogen) atoms. The summed E-state index contributed by atoms with van der Waals surface area (Å²) in [6, 6.07) is 17.7. The molecule has 6 heteroatoms. The van der Waals surface area contributed by atoms with Gasteiger partial charge >= 0.3 is 6.03 Å². The second-order valence-corrected chi connectivity index (χ2v) is 6.32. The molecule has 0 aliphatic carbocycles. The molecule has 1 heterocycles. The molecule has 0 aliphatic heterocycles. The van der Waals surface area contributed by atoms with Crippen molar-refractivity contribution in [1.29, 1.82) is 0 Å². The molecule has 0 bridgehead atoms. The molecule has 0 aliphatic rings. The minimum absolute atomic E-state index is 0.217. The third-order valence-electron chi connectivity index (χ3n) is 3.57. The van der Waals surface area contributed by atoms with Gasteiger partial charge in [-0.15, -0.1) is 11.3 Å². The molecule has 0 fully saturated rings. The predicted octanol–water partition coefficient (Wildman–Crippen LogP) is 4.95. The van der Waals surface area contributed by atoms with Gasteiger partial charge < -0.3 is 10.6 Å². The molecule has 3 rings (SSSR count). The van der Waals surface area contributed by atoms with Crippen LogP contribution in [0.1, 0.15) is 15.9 Å². The minimum Gasteiger partial charge on any atom is -0.320 e. The van der Waals surface area contributed by atoms with Crippen LogP contribution < -0.4 is 16.0 Å². The number of amides is 3. The van der Waals surface area contributed by atoms with Crippen LogP contribution in [0.2, 0.25) is 0 Å². The summed E-state index contributed by atoms with van der Waals surface area (Å²) in [4.78, 5) is 24.6. The standard InChI is InChI=1S/C19H17N3O2S/c1-13-7-2-3-8-14(13)18(23)20-15-9-4-5-10-16(15)21-19(24)22-17-11-6-12-25-17/h2-12H,1H3,(H,20,23)(H2,21,22,24). The van der Waals surface area contributed by atoms with Gasteiger partial charge in [-0.05, 0) is 48.2 Å². The Kier molecular flexibility index (Phi) is 5.11. The maximum absolute atomic E-state index is 12.5. The maximum atomic E-state index is 12.5. The van der Waals surface area contributed by atoms with E-state index < -0.39 is 0 Å². The Morgan fingerprint density at radius 3 is 2.16 bits per heavy atom. The zero-order chi connectivity index (χ0) is 17.6. The highest BCUT2D eigenvalue weighted by atomic mass is 32.1. The Morgan fingerprint density at radius 1 is 0.800 bits per heavy atom. The molecule has 3 N–H and O–H groups in total. The molecule has 3 amide bonds. The van der Waals surface area contributed by atoms with E-state index in [9.17, 15) is 9.59 Å². The number of carbonyl (C=O) groups is 2. The van der Waals surface area contributed by atoms with Crippen molar-refractivity contribution in [1.82, 2.24) is 0 Å². The molecular formula is C19H17N3O2S. The Bertz CT molecular complexity index is 891. The van der Waals surface area contributed by atoms with Crippen molar-refractivity contribution in [2.45, 2.75) is 6.92 Å². The van der Waals surface area contributed by atoms with Crippen molar-refractivity contribution >= 4 is 39.7 Å². The van der Waals surface area contributed by atoms with Crippen molar-refractivity contribution in [3.63, 3.8) is 0 Å². The molecule has 0 atom stereocenters. The van der Waals surface area contributed by atoms with E-state index in [-0.39, 0.29) is 11.9 Å². The number of urea groups is 1. The van der Waals surface area contributed by atoms with E-state index in [1.54, 1.807) is 30.3 Å². The fraction of sp³-hybridized carbons (Fsp3) is 0.0526. The average molecular weight is 351 g/mol. The van der Waals surface area contributed by atoms with Crippen molar-refractivity contribution in [3.8, 4) is 0 Å². The lowest BCUT2D eigenvalue weighted by atomic mass is 10.1. The number of para-hydroxylation sites is 2. The summed E-state index contributed by atoms with van der Waals surface area (Å²) in [7, 11) is 0. The maximum Gasteiger partial charge on any atom is 0.324 e. The number of hydrogen-bond acceptors (Lipinski definition) is 3. The summed E-state index contributed by atoms with van der Waals surface area (Å²) < 4.78 is 0. The summed E-state index contributed by atoms with van der Waals surface area (Å²) in [5, 5.41) is 11.0. The normalized spacial score (nSPS) is 10.1. The van der Waals surface area contributed by atoms with Gasteiger partial charge in [-0.3, -0.25) is 10.1 Å². The Morgan fingerprint density at radius 2 is 1.48 bits per heavy atom. The second-order valence-electron chi connectivity index (χ2n) is 5.37. The topological polar surface area (TPSA) is 70.2 Å². The first-order valence-electron chi connectivity index (χ1n) is 7.71. The fourth-order valence-electron chi connectivity index (χ4n) is 2.33. The van der Waals surface area contributed by atoms with Crippen LogP contribution >= 0.6 is 11.3 Å². The highest BCUT2D eigenvalue weighted by Gasteiger charge is 2.12. The Balaban J connectivity index is 1.73. The summed E-state index contributed by atoms with van der Waals surface area (Å²) >= 11 is 1.43. The zero-order valence-corrected chi connectivity index (χ0v) is 14.4. The Hall–Kier alpha value is -3.12. The van der Waals surface area contributed by atoms with Crippen LogP contribution in [0.15, 0.2) is 66.0 Å². The number of anilines is 3. The first-order chi connectivity index (χ1) is 12.1. The molecule has 0 saturated carbocycles. The fourth-order valence-corrected chi connectivity index (χ4v) is 2.95. The van der Waals surface area contributed by atoms with Crippen LogP contribution in [-0.4, -0.2) is 11.9 Å². The van der Waals surface area contributed by atoms with Gasteiger partial charge in [-0.25, -0.2) is 4.79 Å². The molecule has 1 aromatic heterocycles. The van der Waals surface area contributed by atoms with E-state index in [1.807, 2.05) is 42.6 Å².